The number of amides is 1. The zero-order valence-corrected chi connectivity index (χ0v) is 30.4. The summed E-state index contributed by atoms with van der Waals surface area (Å²) in [6.07, 6.45) is 13.4. The van der Waals surface area contributed by atoms with Gasteiger partial charge in [0.05, 0.1) is 13.2 Å². The van der Waals surface area contributed by atoms with Crippen LogP contribution in [0, 0.1) is 12.8 Å². The first kappa shape index (κ1) is 46.4. The number of hydrogen-bond donors (Lipinski definition) is 2. The Morgan fingerprint density at radius 3 is 2.22 bits per heavy atom. The lowest BCUT2D eigenvalue weighted by atomic mass is 9.98. The highest BCUT2D eigenvalue weighted by molar-refractivity contribution is 5.78. The first-order valence-electron chi connectivity index (χ1n) is 16.3. The lowest BCUT2D eigenvalue weighted by Gasteiger charge is -2.30. The summed E-state index contributed by atoms with van der Waals surface area (Å²) < 4.78 is 9.84. The van der Waals surface area contributed by atoms with E-state index in [2.05, 4.69) is 63.7 Å². The van der Waals surface area contributed by atoms with Gasteiger partial charge in [0.1, 0.15) is 5.82 Å². The molecule has 9 heteroatoms. The molecule has 0 aromatic carbocycles. The number of ether oxygens (including phenoxy) is 2. The van der Waals surface area contributed by atoms with Gasteiger partial charge in [-0.3, -0.25) is 9.79 Å². The molecule has 3 heterocycles. The monoisotopic (exact) mass is 633 g/mol. The normalized spacial score (nSPS) is 13.8. The zero-order valence-electron chi connectivity index (χ0n) is 30.4. The molecular weight excluding hydrogens is 564 g/mol. The average molecular weight is 633 g/mol. The summed E-state index contributed by atoms with van der Waals surface area (Å²) in [7, 11) is 5.33. The van der Waals surface area contributed by atoms with E-state index in [1.165, 1.54) is 31.6 Å². The van der Waals surface area contributed by atoms with Crippen molar-refractivity contribution in [2.75, 3.05) is 84.4 Å². The largest absolute Gasteiger partial charge is 0.385 e. The first-order valence-corrected chi connectivity index (χ1v) is 16.3. The van der Waals surface area contributed by atoms with Crippen LogP contribution in [-0.4, -0.2) is 95.3 Å². The van der Waals surface area contributed by atoms with Gasteiger partial charge in [-0.1, -0.05) is 45.1 Å². The van der Waals surface area contributed by atoms with Crippen LogP contribution >= 0.6 is 0 Å². The summed E-state index contributed by atoms with van der Waals surface area (Å²) in [6, 6.07) is 2.01. The van der Waals surface area contributed by atoms with Crippen molar-refractivity contribution in [2.24, 2.45) is 10.9 Å². The third-order valence-corrected chi connectivity index (χ3v) is 6.78. The van der Waals surface area contributed by atoms with E-state index in [4.69, 9.17) is 10.5 Å². The highest BCUT2D eigenvalue weighted by Crippen LogP contribution is 2.23. The highest BCUT2D eigenvalue weighted by atomic mass is 16.5. The number of unbranched alkanes of at least 4 members (excludes halogenated alkanes) is 1. The maximum Gasteiger partial charge on any atom is 0.222 e. The fourth-order valence-electron chi connectivity index (χ4n) is 3.75. The second-order valence-corrected chi connectivity index (χ2v) is 10.4. The predicted octanol–water partition coefficient (Wildman–Crippen LogP) is 6.74. The quantitative estimate of drug-likeness (QED) is 0.186. The van der Waals surface area contributed by atoms with Gasteiger partial charge >= 0.3 is 0 Å². The minimum absolute atomic E-state index is 0.244. The molecule has 2 fully saturated rings. The zero-order chi connectivity index (χ0) is 34.9. The van der Waals surface area contributed by atoms with Crippen molar-refractivity contribution >= 4 is 23.1 Å². The number of methoxy groups -OCH3 is 1. The number of rotatable bonds is 8. The Bertz CT molecular complexity index is 889. The average Bonchev–Trinajstić information content (AvgIpc) is 3.09. The first-order chi connectivity index (χ1) is 21.6. The van der Waals surface area contributed by atoms with Crippen molar-refractivity contribution in [3.63, 3.8) is 0 Å². The second-order valence-electron chi connectivity index (χ2n) is 10.4. The summed E-state index contributed by atoms with van der Waals surface area (Å²) in [4.78, 5) is 22.9. The fraction of sp³-hybridized carbons (Fsp3) is 0.639. The summed E-state index contributed by atoms with van der Waals surface area (Å²) in [6.45, 7) is 29.1. The summed E-state index contributed by atoms with van der Waals surface area (Å²) in [5.74, 6) is 1.65. The van der Waals surface area contributed by atoms with Crippen LogP contribution in [0.5, 0.6) is 0 Å². The molecule has 2 aliphatic heterocycles. The van der Waals surface area contributed by atoms with Gasteiger partial charge < -0.3 is 30.3 Å². The van der Waals surface area contributed by atoms with Crippen LogP contribution in [0.4, 0.5) is 11.5 Å². The van der Waals surface area contributed by atoms with Gasteiger partial charge in [-0.05, 0) is 72.0 Å². The van der Waals surface area contributed by atoms with Crippen molar-refractivity contribution in [3.05, 3.63) is 55.8 Å². The van der Waals surface area contributed by atoms with Crippen molar-refractivity contribution in [2.45, 2.75) is 73.6 Å². The predicted molar refractivity (Wildman–Crippen MR) is 198 cm³/mol. The molecule has 0 saturated carbocycles. The third kappa shape index (κ3) is 27.1. The molecule has 1 amide bonds. The number of morpholine rings is 1. The number of nitrogen functional groups attached to an aromatic ring is 1. The molecule has 2 aliphatic rings. The van der Waals surface area contributed by atoms with Gasteiger partial charge in [-0.15, -0.1) is 13.2 Å². The number of carbonyl (C=O) groups excluding carboxylic acids is 1. The van der Waals surface area contributed by atoms with E-state index in [0.717, 1.165) is 69.5 Å². The van der Waals surface area contributed by atoms with Gasteiger partial charge in [0.15, 0.2) is 0 Å². The van der Waals surface area contributed by atoms with Gasteiger partial charge in [0, 0.05) is 77.0 Å². The molecule has 9 nitrogen and oxygen atoms in total. The molecule has 2 saturated heterocycles. The number of hydrogen-bond acceptors (Lipinski definition) is 8. The van der Waals surface area contributed by atoms with Gasteiger partial charge in [-0.2, -0.15) is 0 Å². The van der Waals surface area contributed by atoms with Crippen LogP contribution in [0.25, 0.3) is 0 Å². The number of anilines is 2. The SMILES string of the molecule is C=C.C=C/C=C/C1CCNCC1.CCCCN(C)C(=O)CC.CCOC.CN=C(C)C.Cc1c(N2CCOCC2)ccnc1N. The molecular formula is C36H68N6O3. The molecule has 0 unspecified atom stereocenters. The van der Waals surface area contributed by atoms with E-state index in [-0.39, 0.29) is 5.91 Å². The highest BCUT2D eigenvalue weighted by Gasteiger charge is 2.14. The molecule has 45 heavy (non-hydrogen) atoms. The van der Waals surface area contributed by atoms with Gasteiger partial charge in [0.25, 0.3) is 0 Å². The van der Waals surface area contributed by atoms with Crippen LogP contribution < -0.4 is 16.0 Å². The molecule has 1 aromatic rings. The molecule has 1 aromatic heterocycles. The number of nitrogens with zero attached hydrogens (tertiary/aromatic N) is 4. The number of nitrogens with one attached hydrogen (secondary N) is 1. The Morgan fingerprint density at radius 1 is 1.22 bits per heavy atom. The second kappa shape index (κ2) is 33.9. The number of pyridine rings is 1. The topological polar surface area (TPSA) is 105 Å². The van der Waals surface area contributed by atoms with Crippen LogP contribution in [0.15, 0.2) is 55.2 Å². The molecule has 3 rings (SSSR count). The molecule has 3 N–H and O–H groups in total. The number of carbonyl (C=O) groups is 1. The Labute approximate surface area is 277 Å². The fourth-order valence-corrected chi connectivity index (χ4v) is 3.75. The molecule has 0 aliphatic carbocycles. The summed E-state index contributed by atoms with van der Waals surface area (Å²) in [5, 5.41) is 3.33. The Kier molecular flexibility index (Phi) is 34.9. The molecule has 0 atom stereocenters. The van der Waals surface area contributed by atoms with Gasteiger partial charge in [-0.25, -0.2) is 4.98 Å². The van der Waals surface area contributed by atoms with E-state index >= 15 is 0 Å². The van der Waals surface area contributed by atoms with E-state index in [1.807, 2.05) is 53.8 Å². The van der Waals surface area contributed by atoms with Crippen molar-refractivity contribution < 1.29 is 14.3 Å². The van der Waals surface area contributed by atoms with Crippen molar-refractivity contribution in [1.82, 2.24) is 15.2 Å². The van der Waals surface area contributed by atoms with E-state index in [9.17, 15) is 4.79 Å². The number of allylic oxidation sites excluding steroid dienone is 3. The maximum absolute atomic E-state index is 10.9. The standard InChI is InChI=1S/C10H15N3O.C9H15N.C8H17NO.C4H9N.C3H8O.C2H4/c1-8-9(2-3-12-10(8)11)13-4-6-14-7-5-13;1-2-3-4-9-5-7-10-8-6-9;1-4-6-7-9(3)8(10)5-2;1-4(2)5-3;1-3-4-2;1-2/h2-3H,4-7H2,1H3,(H2,11,12);2-4,9-10H,1,5-8H2;4-7H2,1-3H3;1-3H3;3H2,1-2H3;1-2H2/b;4-3+;;;;. The van der Waals surface area contributed by atoms with Crippen molar-refractivity contribution in [3.8, 4) is 0 Å². The van der Waals surface area contributed by atoms with E-state index < -0.39 is 0 Å². The molecule has 0 radical (unpaired) electrons. The number of piperidine rings is 1. The number of aliphatic imine (C=N–C) groups is 1. The molecule has 0 bridgehead atoms. The van der Waals surface area contributed by atoms with Crippen LogP contribution in [-0.2, 0) is 14.3 Å². The van der Waals surface area contributed by atoms with Crippen molar-refractivity contribution in [1.29, 1.82) is 0 Å². The smallest absolute Gasteiger partial charge is 0.222 e. The van der Waals surface area contributed by atoms with Gasteiger partial charge in [0.2, 0.25) is 5.91 Å². The molecule has 0 spiro atoms. The Hall–Kier alpha value is -3.01. The van der Waals surface area contributed by atoms with E-state index in [0.29, 0.717) is 12.2 Å². The molecule has 260 valence electrons. The lowest BCUT2D eigenvalue weighted by molar-refractivity contribution is -0.129. The van der Waals surface area contributed by atoms with Crippen LogP contribution in [0.2, 0.25) is 0 Å². The third-order valence-electron chi connectivity index (χ3n) is 6.78. The van der Waals surface area contributed by atoms with E-state index in [1.54, 1.807) is 25.3 Å². The minimum Gasteiger partial charge on any atom is -0.385 e. The minimum atomic E-state index is 0.244. The summed E-state index contributed by atoms with van der Waals surface area (Å²) in [5.41, 5.74) is 9.13. The Balaban J connectivity index is -0.000000514. The maximum atomic E-state index is 10.9. The number of nitrogens with two attached hydrogens (primary N) is 1. The Morgan fingerprint density at radius 2 is 1.78 bits per heavy atom. The van der Waals surface area contributed by atoms with Crippen LogP contribution in [0.1, 0.15) is 72.3 Å². The lowest BCUT2D eigenvalue weighted by Crippen LogP contribution is -2.36. The van der Waals surface area contributed by atoms with Crippen LogP contribution in [0.3, 0.4) is 0 Å². The number of aromatic nitrogens is 1. The summed E-state index contributed by atoms with van der Waals surface area (Å²) >= 11 is 0.